The molecule has 1 aromatic heterocycles. The highest BCUT2D eigenvalue weighted by Gasteiger charge is 2.14. The van der Waals surface area contributed by atoms with E-state index in [4.69, 9.17) is 5.14 Å². The number of benzene rings is 2. The molecule has 0 saturated carbocycles. The Hall–Kier alpha value is -3.17. The van der Waals surface area contributed by atoms with Crippen LogP contribution < -0.4 is 10.5 Å². The van der Waals surface area contributed by atoms with Crippen molar-refractivity contribution >= 4 is 15.9 Å². The summed E-state index contributed by atoms with van der Waals surface area (Å²) in [5.74, 6) is -0.223. The molecule has 0 spiro atoms. The van der Waals surface area contributed by atoms with Crippen LogP contribution >= 0.6 is 0 Å². The van der Waals surface area contributed by atoms with Gasteiger partial charge in [-0.25, -0.2) is 13.6 Å². The SMILES string of the molecule is CCc1ccc(O)c(-c2cc(C(=O)NCCc3ccc(S(N)(=O)=O)cc3)[nH]n2)c1. The molecule has 0 aliphatic carbocycles. The number of amides is 1. The smallest absolute Gasteiger partial charge is 0.269 e. The summed E-state index contributed by atoms with van der Waals surface area (Å²) in [5, 5.41) is 24.7. The number of nitrogens with zero attached hydrogens (tertiary/aromatic N) is 1. The maximum Gasteiger partial charge on any atom is 0.269 e. The number of aromatic nitrogens is 2. The van der Waals surface area contributed by atoms with Gasteiger partial charge in [0.15, 0.2) is 0 Å². The maximum atomic E-state index is 12.3. The number of rotatable bonds is 7. The number of carbonyl (C=O) groups is 1. The molecule has 0 unspecified atom stereocenters. The second kappa shape index (κ2) is 8.46. The number of H-pyrrole nitrogens is 1. The first-order valence-electron chi connectivity index (χ1n) is 9.05. The Kier molecular flexibility index (Phi) is 6.00. The molecule has 29 heavy (non-hydrogen) atoms. The van der Waals surface area contributed by atoms with Gasteiger partial charge in [-0.1, -0.05) is 25.1 Å². The molecule has 3 aromatic rings. The maximum absolute atomic E-state index is 12.3. The predicted molar refractivity (Wildman–Crippen MR) is 109 cm³/mol. The highest BCUT2D eigenvalue weighted by atomic mass is 32.2. The summed E-state index contributed by atoms with van der Waals surface area (Å²) in [5.41, 5.74) is 3.26. The number of hydrogen-bond donors (Lipinski definition) is 4. The number of phenols is 1. The van der Waals surface area contributed by atoms with Crippen molar-refractivity contribution < 1.29 is 18.3 Å². The van der Waals surface area contributed by atoms with Gasteiger partial charge in [0.25, 0.3) is 5.91 Å². The lowest BCUT2D eigenvalue weighted by Gasteiger charge is -2.05. The molecule has 0 aliphatic heterocycles. The number of aromatic hydroxyl groups is 1. The first-order valence-corrected chi connectivity index (χ1v) is 10.6. The van der Waals surface area contributed by atoms with E-state index in [0.717, 1.165) is 17.5 Å². The fourth-order valence-electron chi connectivity index (χ4n) is 2.85. The number of aromatic amines is 1. The molecule has 0 radical (unpaired) electrons. The van der Waals surface area contributed by atoms with E-state index in [2.05, 4.69) is 15.5 Å². The Morgan fingerprint density at radius 3 is 2.48 bits per heavy atom. The van der Waals surface area contributed by atoms with Gasteiger partial charge in [0.05, 0.1) is 10.6 Å². The molecule has 152 valence electrons. The van der Waals surface area contributed by atoms with Crippen LogP contribution in [0.4, 0.5) is 0 Å². The van der Waals surface area contributed by atoms with Crippen molar-refractivity contribution in [1.29, 1.82) is 0 Å². The number of phenolic OH excluding ortho intramolecular Hbond substituents is 1. The highest BCUT2D eigenvalue weighted by Crippen LogP contribution is 2.29. The largest absolute Gasteiger partial charge is 0.507 e. The van der Waals surface area contributed by atoms with Gasteiger partial charge in [-0.05, 0) is 54.3 Å². The van der Waals surface area contributed by atoms with Gasteiger partial charge in [-0.3, -0.25) is 9.89 Å². The number of nitrogens with one attached hydrogen (secondary N) is 2. The van der Waals surface area contributed by atoms with Gasteiger partial charge in [-0.2, -0.15) is 5.10 Å². The van der Waals surface area contributed by atoms with Crippen LogP contribution in [0.25, 0.3) is 11.3 Å². The third-order valence-corrected chi connectivity index (χ3v) is 5.45. The number of primary sulfonamides is 1. The number of hydrogen-bond acceptors (Lipinski definition) is 5. The molecule has 5 N–H and O–H groups in total. The van der Waals surface area contributed by atoms with E-state index in [0.29, 0.717) is 24.2 Å². The summed E-state index contributed by atoms with van der Waals surface area (Å²) in [6, 6.07) is 13.1. The topological polar surface area (TPSA) is 138 Å². The average Bonchev–Trinajstić information content (AvgIpc) is 3.18. The van der Waals surface area contributed by atoms with Gasteiger partial charge < -0.3 is 10.4 Å². The lowest BCUT2D eigenvalue weighted by molar-refractivity contribution is 0.0949. The minimum atomic E-state index is -3.72. The number of carbonyl (C=O) groups excluding carboxylic acids is 1. The highest BCUT2D eigenvalue weighted by molar-refractivity contribution is 7.89. The molecular formula is C20H22N4O4S. The molecule has 8 nitrogen and oxygen atoms in total. The van der Waals surface area contributed by atoms with Crippen LogP contribution in [0.5, 0.6) is 5.75 Å². The zero-order chi connectivity index (χ0) is 21.0. The summed E-state index contributed by atoms with van der Waals surface area (Å²) < 4.78 is 22.5. The molecule has 0 aliphatic rings. The second-order valence-electron chi connectivity index (χ2n) is 6.57. The summed E-state index contributed by atoms with van der Waals surface area (Å²) >= 11 is 0. The monoisotopic (exact) mass is 414 g/mol. The van der Waals surface area contributed by atoms with E-state index in [9.17, 15) is 18.3 Å². The van der Waals surface area contributed by atoms with Crippen molar-refractivity contribution in [3.05, 3.63) is 65.4 Å². The van der Waals surface area contributed by atoms with Crippen molar-refractivity contribution in [2.45, 2.75) is 24.7 Å². The molecule has 0 bridgehead atoms. The zero-order valence-corrected chi connectivity index (χ0v) is 16.7. The first-order chi connectivity index (χ1) is 13.8. The Bertz CT molecular complexity index is 1120. The molecule has 9 heteroatoms. The normalized spacial score (nSPS) is 11.4. The Labute approximate surface area is 168 Å². The fourth-order valence-corrected chi connectivity index (χ4v) is 3.36. The lowest BCUT2D eigenvalue weighted by atomic mass is 10.1. The molecular weight excluding hydrogens is 392 g/mol. The van der Waals surface area contributed by atoms with Crippen molar-refractivity contribution in [2.24, 2.45) is 5.14 Å². The van der Waals surface area contributed by atoms with Gasteiger partial charge >= 0.3 is 0 Å². The zero-order valence-electron chi connectivity index (χ0n) is 15.8. The van der Waals surface area contributed by atoms with E-state index in [1.807, 2.05) is 19.1 Å². The van der Waals surface area contributed by atoms with Gasteiger partial charge in [0.1, 0.15) is 11.4 Å². The van der Waals surface area contributed by atoms with Crippen LogP contribution in [0, 0.1) is 0 Å². The van der Waals surface area contributed by atoms with Crippen LogP contribution in [-0.2, 0) is 22.9 Å². The van der Waals surface area contributed by atoms with E-state index in [1.165, 1.54) is 12.1 Å². The molecule has 0 fully saturated rings. The van der Waals surface area contributed by atoms with Crippen LogP contribution in [0.15, 0.2) is 53.4 Å². The average molecular weight is 414 g/mol. The van der Waals surface area contributed by atoms with E-state index < -0.39 is 10.0 Å². The second-order valence-corrected chi connectivity index (χ2v) is 8.13. The minimum Gasteiger partial charge on any atom is -0.507 e. The molecule has 3 rings (SSSR count). The fraction of sp³-hybridized carbons (Fsp3) is 0.200. The molecule has 0 atom stereocenters. The third-order valence-electron chi connectivity index (χ3n) is 4.52. The summed E-state index contributed by atoms with van der Waals surface area (Å²) in [4.78, 5) is 12.4. The lowest BCUT2D eigenvalue weighted by Crippen LogP contribution is -2.26. The van der Waals surface area contributed by atoms with E-state index in [1.54, 1.807) is 24.3 Å². The molecule has 0 saturated heterocycles. The third kappa shape index (κ3) is 5.01. The van der Waals surface area contributed by atoms with Crippen LogP contribution in [-0.4, -0.2) is 36.2 Å². The van der Waals surface area contributed by atoms with Gasteiger partial charge in [0, 0.05) is 12.1 Å². The molecule has 1 heterocycles. The standard InChI is InChI=1S/C20H22N4O4S/c1-2-13-5-8-19(25)16(11-13)17-12-18(24-23-17)20(26)22-10-9-14-3-6-15(7-4-14)29(21,27)28/h3-8,11-12,25H,2,9-10H2,1H3,(H,22,26)(H,23,24)(H2,21,27,28). The van der Waals surface area contributed by atoms with Crippen molar-refractivity contribution in [3.63, 3.8) is 0 Å². The van der Waals surface area contributed by atoms with Crippen molar-refractivity contribution in [2.75, 3.05) is 6.54 Å². The van der Waals surface area contributed by atoms with E-state index in [-0.39, 0.29) is 22.2 Å². The first kappa shape index (κ1) is 20.6. The van der Waals surface area contributed by atoms with Crippen molar-refractivity contribution in [3.8, 4) is 17.0 Å². The Morgan fingerprint density at radius 2 is 1.83 bits per heavy atom. The Morgan fingerprint density at radius 1 is 1.14 bits per heavy atom. The van der Waals surface area contributed by atoms with Gasteiger partial charge in [0.2, 0.25) is 10.0 Å². The summed E-state index contributed by atoms with van der Waals surface area (Å²) in [7, 11) is -3.72. The van der Waals surface area contributed by atoms with Crippen molar-refractivity contribution in [1.82, 2.24) is 15.5 Å². The molecule has 1 amide bonds. The number of nitrogens with two attached hydrogens (primary N) is 1. The molecule has 2 aromatic carbocycles. The van der Waals surface area contributed by atoms with E-state index >= 15 is 0 Å². The predicted octanol–water partition coefficient (Wildman–Crippen LogP) is 1.96. The Balaban J connectivity index is 1.61. The summed E-state index contributed by atoms with van der Waals surface area (Å²) in [6.45, 7) is 2.38. The minimum absolute atomic E-state index is 0.0469. The number of aryl methyl sites for hydroxylation is 1. The van der Waals surface area contributed by atoms with Crippen LogP contribution in [0.2, 0.25) is 0 Å². The number of sulfonamides is 1. The van der Waals surface area contributed by atoms with Crippen LogP contribution in [0.3, 0.4) is 0 Å². The van der Waals surface area contributed by atoms with Crippen LogP contribution in [0.1, 0.15) is 28.5 Å². The van der Waals surface area contributed by atoms with Gasteiger partial charge in [-0.15, -0.1) is 0 Å². The quantitative estimate of drug-likeness (QED) is 0.468. The summed E-state index contributed by atoms with van der Waals surface area (Å²) in [6.07, 6.45) is 1.35.